The number of aromatic nitrogens is 2. The van der Waals surface area contributed by atoms with Crippen molar-refractivity contribution in [1.29, 1.82) is 0 Å². The number of hydrogen-bond donors (Lipinski definition) is 1. The molecule has 2 aliphatic heterocycles. The fraction of sp³-hybridized carbons (Fsp3) is 0.450. The summed E-state index contributed by atoms with van der Waals surface area (Å²) >= 11 is 0. The minimum Gasteiger partial charge on any atom is -0.487 e. The normalized spacial score (nSPS) is 19.0. The average molecular weight is 387 g/mol. The maximum absolute atomic E-state index is 14.1. The molecule has 0 radical (unpaired) electrons. The van der Waals surface area contributed by atoms with Crippen molar-refractivity contribution in [2.45, 2.75) is 25.4 Å². The molecule has 1 aromatic carbocycles. The molecule has 28 heavy (non-hydrogen) atoms. The summed E-state index contributed by atoms with van der Waals surface area (Å²) < 4.78 is 30.5. The first-order valence-corrected chi connectivity index (χ1v) is 9.36. The molecule has 0 spiro atoms. The molecule has 1 aromatic heterocycles. The van der Waals surface area contributed by atoms with Crippen molar-refractivity contribution in [1.82, 2.24) is 15.5 Å². The van der Waals surface area contributed by atoms with Gasteiger partial charge in [-0.25, -0.2) is 4.39 Å². The maximum atomic E-state index is 14.1. The number of carbonyl (C=O) groups is 1. The molecule has 1 atom stereocenters. The van der Waals surface area contributed by atoms with Crippen LogP contribution in [0, 0.1) is 11.7 Å². The second-order valence-electron chi connectivity index (χ2n) is 6.98. The number of rotatable bonds is 5. The molecule has 1 amide bonds. The van der Waals surface area contributed by atoms with E-state index in [0.717, 1.165) is 18.4 Å². The van der Waals surface area contributed by atoms with E-state index in [4.69, 9.17) is 14.2 Å². The molecule has 1 N–H and O–H groups in total. The fourth-order valence-corrected chi connectivity index (χ4v) is 3.59. The summed E-state index contributed by atoms with van der Waals surface area (Å²) in [5.74, 6) is 0.620. The van der Waals surface area contributed by atoms with Gasteiger partial charge in [-0.3, -0.25) is 4.79 Å². The molecule has 1 saturated heterocycles. The van der Waals surface area contributed by atoms with Gasteiger partial charge in [0.15, 0.2) is 0 Å². The number of hydrogen-bond acceptors (Lipinski definition) is 6. The molecule has 4 rings (SSSR count). The van der Waals surface area contributed by atoms with Crippen LogP contribution in [0.3, 0.4) is 0 Å². The smallest absolute Gasteiger partial charge is 0.233 e. The third kappa shape index (κ3) is 3.91. The summed E-state index contributed by atoms with van der Waals surface area (Å²) in [6.07, 6.45) is 1.76. The van der Waals surface area contributed by atoms with Gasteiger partial charge in [0.1, 0.15) is 17.7 Å². The lowest BCUT2D eigenvalue weighted by Crippen LogP contribution is -2.39. The molecule has 0 saturated carbocycles. The molecule has 0 bridgehead atoms. The van der Waals surface area contributed by atoms with Crippen LogP contribution in [-0.2, 0) is 16.0 Å². The van der Waals surface area contributed by atoms with Crippen molar-refractivity contribution in [3.8, 4) is 22.9 Å². The fourth-order valence-electron chi connectivity index (χ4n) is 3.59. The minimum absolute atomic E-state index is 0.0138. The zero-order valence-corrected chi connectivity index (χ0v) is 15.6. The van der Waals surface area contributed by atoms with Gasteiger partial charge < -0.3 is 19.5 Å². The van der Waals surface area contributed by atoms with Gasteiger partial charge >= 0.3 is 0 Å². The first-order chi connectivity index (χ1) is 13.6. The maximum Gasteiger partial charge on any atom is 0.233 e. The molecule has 148 valence electrons. The summed E-state index contributed by atoms with van der Waals surface area (Å²) in [6.45, 7) is 1.62. The van der Waals surface area contributed by atoms with Crippen molar-refractivity contribution in [2.75, 3.05) is 26.9 Å². The van der Waals surface area contributed by atoms with Crippen LogP contribution in [0.5, 0.6) is 11.6 Å². The van der Waals surface area contributed by atoms with Crippen LogP contribution in [0.2, 0.25) is 0 Å². The highest BCUT2D eigenvalue weighted by Gasteiger charge is 2.29. The van der Waals surface area contributed by atoms with Crippen LogP contribution in [0.4, 0.5) is 4.39 Å². The lowest BCUT2D eigenvalue weighted by Gasteiger charge is -2.22. The highest BCUT2D eigenvalue weighted by Crippen LogP contribution is 2.39. The van der Waals surface area contributed by atoms with Crippen LogP contribution in [0.15, 0.2) is 24.3 Å². The Hall–Kier alpha value is -2.74. The number of nitrogens with one attached hydrogen (secondary N) is 1. The number of amides is 1. The summed E-state index contributed by atoms with van der Waals surface area (Å²) in [6, 6.07) is 6.24. The van der Waals surface area contributed by atoms with E-state index >= 15 is 0 Å². The molecule has 0 aliphatic carbocycles. The number of ether oxygens (including phenoxy) is 3. The van der Waals surface area contributed by atoms with E-state index in [1.807, 2.05) is 0 Å². The second kappa shape index (κ2) is 8.10. The third-order valence-corrected chi connectivity index (χ3v) is 5.08. The third-order valence-electron chi connectivity index (χ3n) is 5.08. The zero-order valence-electron chi connectivity index (χ0n) is 15.6. The molecular weight excluding hydrogens is 365 g/mol. The SMILES string of the molecule is COc1ccc(-c2cc(F)cc3c2OC(CNC(=O)C2CCOCC2)C3)nn1. The van der Waals surface area contributed by atoms with Crippen LogP contribution < -0.4 is 14.8 Å². The van der Waals surface area contributed by atoms with E-state index in [2.05, 4.69) is 15.5 Å². The van der Waals surface area contributed by atoms with Crippen molar-refractivity contribution < 1.29 is 23.4 Å². The number of carbonyl (C=O) groups excluding carboxylic acids is 1. The monoisotopic (exact) mass is 387 g/mol. The van der Waals surface area contributed by atoms with Crippen molar-refractivity contribution in [2.24, 2.45) is 5.92 Å². The standard InChI is InChI=1S/C20H22FN3O4/c1-26-18-3-2-17(23-24-18)16-10-14(21)8-13-9-15(28-19(13)16)11-22-20(25)12-4-6-27-7-5-12/h2-3,8,10,12,15H,4-7,9,11H2,1H3,(H,22,25). The molecule has 2 aliphatic rings. The Morgan fingerprint density at radius 3 is 2.82 bits per heavy atom. The van der Waals surface area contributed by atoms with E-state index < -0.39 is 0 Å². The zero-order chi connectivity index (χ0) is 19.5. The minimum atomic E-state index is -0.359. The van der Waals surface area contributed by atoms with Crippen molar-refractivity contribution >= 4 is 5.91 Å². The van der Waals surface area contributed by atoms with Gasteiger partial charge in [0.05, 0.1) is 19.3 Å². The average Bonchev–Trinajstić information content (AvgIpc) is 3.15. The summed E-state index contributed by atoms with van der Waals surface area (Å²) in [4.78, 5) is 12.3. The molecular formula is C20H22FN3O4. The van der Waals surface area contributed by atoms with Crippen LogP contribution in [0.25, 0.3) is 11.3 Å². The van der Waals surface area contributed by atoms with Gasteiger partial charge in [0.25, 0.3) is 0 Å². The van der Waals surface area contributed by atoms with Crippen LogP contribution >= 0.6 is 0 Å². The Morgan fingerprint density at radius 1 is 1.29 bits per heavy atom. The number of nitrogens with zero attached hydrogens (tertiary/aromatic N) is 2. The Balaban J connectivity index is 1.45. The first-order valence-electron chi connectivity index (χ1n) is 9.36. The summed E-state index contributed by atoms with van der Waals surface area (Å²) in [5.41, 5.74) is 1.81. The van der Waals surface area contributed by atoms with Gasteiger partial charge in [0, 0.05) is 42.7 Å². The van der Waals surface area contributed by atoms with Gasteiger partial charge in [-0.1, -0.05) is 0 Å². The van der Waals surface area contributed by atoms with Gasteiger partial charge in [-0.2, -0.15) is 0 Å². The number of benzene rings is 1. The van der Waals surface area contributed by atoms with Crippen LogP contribution in [-0.4, -0.2) is 49.1 Å². The molecule has 1 unspecified atom stereocenters. The van der Waals surface area contributed by atoms with E-state index in [-0.39, 0.29) is 23.7 Å². The molecule has 8 heteroatoms. The van der Waals surface area contributed by atoms with Gasteiger partial charge in [-0.05, 0) is 31.0 Å². The van der Waals surface area contributed by atoms with Crippen molar-refractivity contribution in [3.63, 3.8) is 0 Å². The van der Waals surface area contributed by atoms with E-state index in [9.17, 15) is 9.18 Å². The molecule has 3 heterocycles. The number of fused-ring (bicyclic) bond motifs is 1. The lowest BCUT2D eigenvalue weighted by molar-refractivity contribution is -0.128. The molecule has 7 nitrogen and oxygen atoms in total. The van der Waals surface area contributed by atoms with Gasteiger partial charge in [0.2, 0.25) is 11.8 Å². The Kier molecular flexibility index (Phi) is 5.38. The first kappa shape index (κ1) is 18.6. The lowest BCUT2D eigenvalue weighted by atomic mass is 9.99. The largest absolute Gasteiger partial charge is 0.487 e. The van der Waals surface area contributed by atoms with E-state index in [0.29, 0.717) is 49.1 Å². The highest BCUT2D eigenvalue weighted by atomic mass is 19.1. The van der Waals surface area contributed by atoms with Gasteiger partial charge in [-0.15, -0.1) is 10.2 Å². The van der Waals surface area contributed by atoms with Crippen LogP contribution in [0.1, 0.15) is 18.4 Å². The topological polar surface area (TPSA) is 82.6 Å². The Labute approximate surface area is 162 Å². The molecule has 2 aromatic rings. The Morgan fingerprint density at radius 2 is 2.11 bits per heavy atom. The van der Waals surface area contributed by atoms with E-state index in [1.165, 1.54) is 19.2 Å². The summed E-state index contributed by atoms with van der Waals surface area (Å²) in [5, 5.41) is 11.0. The van der Waals surface area contributed by atoms with E-state index in [1.54, 1.807) is 12.1 Å². The summed E-state index contributed by atoms with van der Waals surface area (Å²) in [7, 11) is 1.51. The number of halogens is 1. The molecule has 1 fully saturated rings. The quantitative estimate of drug-likeness (QED) is 0.847. The van der Waals surface area contributed by atoms with Crippen molar-refractivity contribution in [3.05, 3.63) is 35.6 Å². The predicted molar refractivity (Wildman–Crippen MR) is 98.7 cm³/mol. The predicted octanol–water partition coefficient (Wildman–Crippen LogP) is 2.14. The number of methoxy groups -OCH3 is 1. The Bertz CT molecular complexity index is 853. The highest BCUT2D eigenvalue weighted by molar-refractivity contribution is 5.78. The second-order valence-corrected chi connectivity index (χ2v) is 6.98.